The van der Waals surface area contributed by atoms with Gasteiger partial charge in [0.05, 0.1) is 0 Å². The van der Waals surface area contributed by atoms with Crippen LogP contribution in [0.25, 0.3) is 0 Å². The summed E-state index contributed by atoms with van der Waals surface area (Å²) in [6.07, 6.45) is 0.231. The Balaban J connectivity index is 4.09. The van der Waals surface area contributed by atoms with Gasteiger partial charge in [-0.15, -0.1) is 0 Å². The van der Waals surface area contributed by atoms with Crippen LogP contribution in [0.15, 0.2) is 0 Å². The number of carbonyl (C=O) groups is 3. The van der Waals surface area contributed by atoms with Gasteiger partial charge in [0.2, 0.25) is 11.6 Å². The molecule has 0 aliphatic carbocycles. The van der Waals surface area contributed by atoms with Crippen molar-refractivity contribution in [2.24, 2.45) is 0 Å². The summed E-state index contributed by atoms with van der Waals surface area (Å²) in [5.74, 6) is -2.04. The van der Waals surface area contributed by atoms with Crippen LogP contribution in [0.1, 0.15) is 26.7 Å². The van der Waals surface area contributed by atoms with Crippen molar-refractivity contribution >= 4 is 17.3 Å². The summed E-state index contributed by atoms with van der Waals surface area (Å²) < 4.78 is 0. The molecular weight excluding hydrogens is 132 g/mol. The van der Waals surface area contributed by atoms with Crippen LogP contribution in [0, 0.1) is 0 Å². The first kappa shape index (κ1) is 9.01. The highest BCUT2D eigenvalue weighted by molar-refractivity contribution is 6.63. The third kappa shape index (κ3) is 2.09. The molecule has 0 aromatic heterocycles. The lowest BCUT2D eigenvalue weighted by Gasteiger charge is -1.90. The van der Waals surface area contributed by atoms with E-state index in [9.17, 15) is 14.4 Å². The SMILES string of the molecule is CCC(=O)C(=O)C(=O)CC. The van der Waals surface area contributed by atoms with E-state index in [1.165, 1.54) is 0 Å². The van der Waals surface area contributed by atoms with E-state index in [0.717, 1.165) is 0 Å². The van der Waals surface area contributed by atoms with Crippen molar-refractivity contribution in [1.82, 2.24) is 0 Å². The molecule has 0 aromatic rings. The van der Waals surface area contributed by atoms with E-state index in [1.807, 2.05) is 0 Å². The smallest absolute Gasteiger partial charge is 0.264 e. The van der Waals surface area contributed by atoms with Crippen molar-refractivity contribution in [2.45, 2.75) is 26.7 Å². The Kier molecular flexibility index (Phi) is 3.54. The molecule has 0 aliphatic rings. The first-order valence-electron chi connectivity index (χ1n) is 3.23. The first-order chi connectivity index (χ1) is 4.63. The Labute approximate surface area is 59.4 Å². The van der Waals surface area contributed by atoms with Crippen LogP contribution in [0.4, 0.5) is 0 Å². The van der Waals surface area contributed by atoms with Crippen LogP contribution in [0.5, 0.6) is 0 Å². The second-order valence-electron chi connectivity index (χ2n) is 1.88. The number of rotatable bonds is 4. The molecule has 0 amide bonds. The van der Waals surface area contributed by atoms with Crippen molar-refractivity contribution in [1.29, 1.82) is 0 Å². The van der Waals surface area contributed by atoms with Crippen molar-refractivity contribution in [2.75, 3.05) is 0 Å². The van der Waals surface area contributed by atoms with E-state index in [-0.39, 0.29) is 12.8 Å². The number of hydrogen-bond acceptors (Lipinski definition) is 3. The van der Waals surface area contributed by atoms with E-state index in [4.69, 9.17) is 0 Å². The highest BCUT2D eigenvalue weighted by Crippen LogP contribution is 1.88. The van der Waals surface area contributed by atoms with Crippen LogP contribution < -0.4 is 0 Å². The molecule has 3 nitrogen and oxygen atoms in total. The van der Waals surface area contributed by atoms with Gasteiger partial charge in [0.25, 0.3) is 5.78 Å². The van der Waals surface area contributed by atoms with Gasteiger partial charge in [0.15, 0.2) is 0 Å². The monoisotopic (exact) mass is 142 g/mol. The van der Waals surface area contributed by atoms with Gasteiger partial charge < -0.3 is 0 Å². The fourth-order valence-electron chi connectivity index (χ4n) is 0.477. The van der Waals surface area contributed by atoms with Gasteiger partial charge in [-0.3, -0.25) is 14.4 Å². The molecule has 3 heteroatoms. The summed E-state index contributed by atoms with van der Waals surface area (Å²) in [6.45, 7) is 3.12. The van der Waals surface area contributed by atoms with Crippen LogP contribution in [0.3, 0.4) is 0 Å². The lowest BCUT2D eigenvalue weighted by molar-refractivity contribution is -0.143. The molecule has 0 spiro atoms. The third-order valence-corrected chi connectivity index (χ3v) is 1.15. The highest BCUT2D eigenvalue weighted by Gasteiger charge is 2.17. The molecule has 0 unspecified atom stereocenters. The van der Waals surface area contributed by atoms with E-state index in [2.05, 4.69) is 0 Å². The Morgan fingerprint density at radius 3 is 1.40 bits per heavy atom. The molecule has 0 aliphatic heterocycles. The van der Waals surface area contributed by atoms with Gasteiger partial charge in [-0.2, -0.15) is 0 Å². The van der Waals surface area contributed by atoms with Crippen LogP contribution in [-0.4, -0.2) is 17.3 Å². The maximum absolute atomic E-state index is 10.6. The quantitative estimate of drug-likeness (QED) is 0.424. The molecule has 0 bridgehead atoms. The minimum Gasteiger partial charge on any atom is -0.290 e. The summed E-state index contributed by atoms with van der Waals surface area (Å²) in [4.78, 5) is 31.7. The van der Waals surface area contributed by atoms with Gasteiger partial charge in [0, 0.05) is 12.8 Å². The second kappa shape index (κ2) is 3.93. The molecule has 0 aromatic carbocycles. The van der Waals surface area contributed by atoms with E-state index in [0.29, 0.717) is 0 Å². The van der Waals surface area contributed by atoms with Gasteiger partial charge in [-0.25, -0.2) is 0 Å². The molecule has 0 saturated heterocycles. The van der Waals surface area contributed by atoms with Crippen LogP contribution in [-0.2, 0) is 14.4 Å². The number of hydrogen-bond donors (Lipinski definition) is 0. The average Bonchev–Trinajstić information content (AvgIpc) is 2.00. The minimum atomic E-state index is -0.856. The first-order valence-corrected chi connectivity index (χ1v) is 3.23. The zero-order valence-electron chi connectivity index (χ0n) is 6.14. The Bertz CT molecular complexity index is 152. The molecule has 10 heavy (non-hydrogen) atoms. The number of carbonyl (C=O) groups excluding carboxylic acids is 3. The van der Waals surface area contributed by atoms with E-state index < -0.39 is 17.3 Å². The number of ketones is 3. The maximum Gasteiger partial charge on any atom is 0.264 e. The summed E-state index contributed by atoms with van der Waals surface area (Å²) in [6, 6.07) is 0. The summed E-state index contributed by atoms with van der Waals surface area (Å²) in [5, 5.41) is 0. The van der Waals surface area contributed by atoms with Crippen molar-refractivity contribution in [3.8, 4) is 0 Å². The predicted octanol–water partition coefficient (Wildman–Crippen LogP) is 0.514. The Morgan fingerprint density at radius 1 is 0.900 bits per heavy atom. The second-order valence-corrected chi connectivity index (χ2v) is 1.88. The summed E-state index contributed by atoms with van der Waals surface area (Å²) >= 11 is 0. The lowest BCUT2D eigenvalue weighted by atomic mass is 10.1. The highest BCUT2D eigenvalue weighted by atomic mass is 16.2. The molecule has 56 valence electrons. The van der Waals surface area contributed by atoms with Crippen LogP contribution >= 0.6 is 0 Å². The molecule has 0 atom stereocenters. The van der Waals surface area contributed by atoms with Gasteiger partial charge in [-0.05, 0) is 0 Å². The minimum absolute atomic E-state index is 0.116. The number of Topliss-reactive ketones (excluding diaryl/α,β-unsaturated/α-hetero) is 3. The Morgan fingerprint density at radius 2 is 1.20 bits per heavy atom. The molecule has 0 heterocycles. The fraction of sp³-hybridized carbons (Fsp3) is 0.571. The average molecular weight is 142 g/mol. The zero-order chi connectivity index (χ0) is 8.15. The van der Waals surface area contributed by atoms with Gasteiger partial charge >= 0.3 is 0 Å². The predicted molar refractivity (Wildman–Crippen MR) is 35.6 cm³/mol. The largest absolute Gasteiger partial charge is 0.290 e. The standard InChI is InChI=1S/C7H10O3/c1-3-5(8)7(10)6(9)4-2/h3-4H2,1-2H3. The summed E-state index contributed by atoms with van der Waals surface area (Å²) in [7, 11) is 0. The molecule has 0 fully saturated rings. The molecule has 0 saturated carbocycles. The Hall–Kier alpha value is -0.990. The third-order valence-electron chi connectivity index (χ3n) is 1.15. The molecule has 0 N–H and O–H groups in total. The van der Waals surface area contributed by atoms with Crippen molar-refractivity contribution in [3.05, 3.63) is 0 Å². The van der Waals surface area contributed by atoms with E-state index in [1.54, 1.807) is 13.8 Å². The molecule has 0 rings (SSSR count). The molecule has 0 radical (unpaired) electrons. The van der Waals surface area contributed by atoms with Crippen LogP contribution in [0.2, 0.25) is 0 Å². The maximum atomic E-state index is 10.6. The van der Waals surface area contributed by atoms with Crippen molar-refractivity contribution in [3.63, 3.8) is 0 Å². The normalized spacial score (nSPS) is 9.00. The van der Waals surface area contributed by atoms with Gasteiger partial charge in [0.1, 0.15) is 0 Å². The lowest BCUT2D eigenvalue weighted by Crippen LogP contribution is -2.22. The molecular formula is C7H10O3. The van der Waals surface area contributed by atoms with Gasteiger partial charge in [-0.1, -0.05) is 13.8 Å². The fourth-order valence-corrected chi connectivity index (χ4v) is 0.477. The summed E-state index contributed by atoms with van der Waals surface area (Å²) in [5.41, 5.74) is 0. The zero-order valence-corrected chi connectivity index (χ0v) is 6.14. The van der Waals surface area contributed by atoms with Crippen molar-refractivity contribution < 1.29 is 14.4 Å². The topological polar surface area (TPSA) is 51.2 Å². The van der Waals surface area contributed by atoms with E-state index >= 15 is 0 Å².